The van der Waals surface area contributed by atoms with Crippen LogP contribution < -0.4 is 5.32 Å². The standard InChI is InChI=1S/C16H20N2/c1-12-4-5-16(13(2)10-12)14(3)18-11-15-6-8-17-9-7-15/h4-10,14,18H,11H2,1-3H3. The first-order valence-electron chi connectivity index (χ1n) is 6.36. The molecule has 2 heteroatoms. The second kappa shape index (κ2) is 5.78. The molecule has 94 valence electrons. The van der Waals surface area contributed by atoms with E-state index >= 15 is 0 Å². The van der Waals surface area contributed by atoms with Crippen LogP contribution in [0, 0.1) is 13.8 Å². The third-order valence-corrected chi connectivity index (χ3v) is 3.25. The minimum atomic E-state index is 0.360. The van der Waals surface area contributed by atoms with Crippen molar-refractivity contribution in [1.29, 1.82) is 0 Å². The van der Waals surface area contributed by atoms with Gasteiger partial charge in [0.05, 0.1) is 0 Å². The quantitative estimate of drug-likeness (QED) is 0.884. The molecule has 1 aromatic heterocycles. The van der Waals surface area contributed by atoms with Gasteiger partial charge in [0.15, 0.2) is 0 Å². The summed E-state index contributed by atoms with van der Waals surface area (Å²) in [6, 6.07) is 11.1. The lowest BCUT2D eigenvalue weighted by Crippen LogP contribution is -2.18. The van der Waals surface area contributed by atoms with Gasteiger partial charge in [-0.15, -0.1) is 0 Å². The van der Waals surface area contributed by atoms with E-state index in [0.29, 0.717) is 6.04 Å². The Labute approximate surface area is 109 Å². The molecule has 0 saturated carbocycles. The Morgan fingerprint density at radius 3 is 2.50 bits per heavy atom. The molecule has 18 heavy (non-hydrogen) atoms. The molecule has 0 amide bonds. The summed E-state index contributed by atoms with van der Waals surface area (Å²) in [6.45, 7) is 7.38. The molecule has 0 aliphatic heterocycles. The van der Waals surface area contributed by atoms with Crippen molar-refractivity contribution in [2.75, 3.05) is 0 Å². The molecule has 1 aromatic carbocycles. The van der Waals surface area contributed by atoms with E-state index in [2.05, 4.69) is 49.3 Å². The van der Waals surface area contributed by atoms with Crippen molar-refractivity contribution in [1.82, 2.24) is 10.3 Å². The Morgan fingerprint density at radius 1 is 1.11 bits per heavy atom. The van der Waals surface area contributed by atoms with Gasteiger partial charge < -0.3 is 5.32 Å². The van der Waals surface area contributed by atoms with E-state index in [1.165, 1.54) is 22.3 Å². The van der Waals surface area contributed by atoms with Crippen LogP contribution in [0.4, 0.5) is 0 Å². The van der Waals surface area contributed by atoms with Crippen LogP contribution in [0.2, 0.25) is 0 Å². The molecule has 2 aromatic rings. The normalized spacial score (nSPS) is 12.4. The molecule has 0 aliphatic rings. The summed E-state index contributed by atoms with van der Waals surface area (Å²) in [7, 11) is 0. The van der Waals surface area contributed by atoms with Crippen LogP contribution in [0.1, 0.15) is 35.2 Å². The van der Waals surface area contributed by atoms with E-state index in [9.17, 15) is 0 Å². The van der Waals surface area contributed by atoms with Crippen LogP contribution in [0.3, 0.4) is 0 Å². The Hall–Kier alpha value is -1.67. The SMILES string of the molecule is Cc1ccc(C(C)NCc2ccncc2)c(C)c1. The Balaban J connectivity index is 2.01. The highest BCUT2D eigenvalue weighted by Crippen LogP contribution is 2.18. The highest BCUT2D eigenvalue weighted by Gasteiger charge is 2.07. The van der Waals surface area contributed by atoms with Crippen molar-refractivity contribution in [3.8, 4) is 0 Å². The molecule has 2 rings (SSSR count). The smallest absolute Gasteiger partial charge is 0.0297 e. The highest BCUT2D eigenvalue weighted by atomic mass is 14.9. The maximum absolute atomic E-state index is 4.03. The van der Waals surface area contributed by atoms with Crippen molar-refractivity contribution >= 4 is 0 Å². The van der Waals surface area contributed by atoms with Gasteiger partial charge in [-0.2, -0.15) is 0 Å². The van der Waals surface area contributed by atoms with Crippen molar-refractivity contribution in [2.45, 2.75) is 33.4 Å². The molecule has 1 heterocycles. The number of hydrogen-bond acceptors (Lipinski definition) is 2. The summed E-state index contributed by atoms with van der Waals surface area (Å²) in [4.78, 5) is 4.03. The fourth-order valence-electron chi connectivity index (χ4n) is 2.19. The first kappa shape index (κ1) is 12.8. The average molecular weight is 240 g/mol. The summed E-state index contributed by atoms with van der Waals surface area (Å²) in [5, 5.41) is 3.55. The van der Waals surface area contributed by atoms with Crippen molar-refractivity contribution in [3.05, 3.63) is 65.0 Å². The lowest BCUT2D eigenvalue weighted by molar-refractivity contribution is 0.572. The number of nitrogens with zero attached hydrogens (tertiary/aromatic N) is 1. The molecule has 0 fully saturated rings. The second-order valence-electron chi connectivity index (χ2n) is 4.82. The molecule has 1 unspecified atom stereocenters. The van der Waals surface area contributed by atoms with Gasteiger partial charge in [-0.1, -0.05) is 23.8 Å². The van der Waals surface area contributed by atoms with Crippen LogP contribution in [-0.2, 0) is 6.54 Å². The largest absolute Gasteiger partial charge is 0.306 e. The van der Waals surface area contributed by atoms with Crippen molar-refractivity contribution in [3.63, 3.8) is 0 Å². The van der Waals surface area contributed by atoms with Gasteiger partial charge in [-0.05, 0) is 49.6 Å². The molecule has 0 radical (unpaired) electrons. The fourth-order valence-corrected chi connectivity index (χ4v) is 2.19. The zero-order chi connectivity index (χ0) is 13.0. The topological polar surface area (TPSA) is 24.9 Å². The molecular weight excluding hydrogens is 220 g/mol. The Kier molecular flexibility index (Phi) is 4.11. The minimum absolute atomic E-state index is 0.360. The molecular formula is C16H20N2. The molecule has 0 bridgehead atoms. The predicted molar refractivity (Wildman–Crippen MR) is 75.4 cm³/mol. The zero-order valence-corrected chi connectivity index (χ0v) is 11.3. The second-order valence-corrected chi connectivity index (χ2v) is 4.82. The van der Waals surface area contributed by atoms with Gasteiger partial charge in [-0.25, -0.2) is 0 Å². The third kappa shape index (κ3) is 3.17. The van der Waals surface area contributed by atoms with Gasteiger partial charge >= 0.3 is 0 Å². The third-order valence-electron chi connectivity index (χ3n) is 3.25. The van der Waals surface area contributed by atoms with E-state index in [4.69, 9.17) is 0 Å². The molecule has 2 nitrogen and oxygen atoms in total. The number of rotatable bonds is 4. The summed E-state index contributed by atoms with van der Waals surface area (Å²) in [5.41, 5.74) is 5.30. The number of pyridine rings is 1. The lowest BCUT2D eigenvalue weighted by Gasteiger charge is -2.17. The van der Waals surface area contributed by atoms with Crippen LogP contribution >= 0.6 is 0 Å². The van der Waals surface area contributed by atoms with Gasteiger partial charge in [-0.3, -0.25) is 4.98 Å². The molecule has 0 aliphatic carbocycles. The minimum Gasteiger partial charge on any atom is -0.306 e. The van der Waals surface area contributed by atoms with Crippen molar-refractivity contribution < 1.29 is 0 Å². The fraction of sp³-hybridized carbons (Fsp3) is 0.312. The van der Waals surface area contributed by atoms with Crippen LogP contribution in [-0.4, -0.2) is 4.98 Å². The van der Waals surface area contributed by atoms with E-state index in [-0.39, 0.29) is 0 Å². The molecule has 1 N–H and O–H groups in total. The molecule has 0 spiro atoms. The number of hydrogen-bond donors (Lipinski definition) is 1. The van der Waals surface area contributed by atoms with Crippen LogP contribution in [0.25, 0.3) is 0 Å². The maximum atomic E-state index is 4.03. The summed E-state index contributed by atoms with van der Waals surface area (Å²) in [5.74, 6) is 0. The van der Waals surface area contributed by atoms with Gasteiger partial charge in [0.1, 0.15) is 0 Å². The van der Waals surface area contributed by atoms with Crippen LogP contribution in [0.5, 0.6) is 0 Å². The lowest BCUT2D eigenvalue weighted by atomic mass is 10.0. The number of aromatic nitrogens is 1. The maximum Gasteiger partial charge on any atom is 0.0297 e. The predicted octanol–water partition coefficient (Wildman–Crippen LogP) is 3.55. The average Bonchev–Trinajstić information content (AvgIpc) is 2.37. The van der Waals surface area contributed by atoms with Crippen LogP contribution in [0.15, 0.2) is 42.7 Å². The number of aryl methyl sites for hydroxylation is 2. The Morgan fingerprint density at radius 2 is 1.83 bits per heavy atom. The summed E-state index contributed by atoms with van der Waals surface area (Å²) < 4.78 is 0. The summed E-state index contributed by atoms with van der Waals surface area (Å²) >= 11 is 0. The monoisotopic (exact) mass is 240 g/mol. The van der Waals surface area contributed by atoms with E-state index < -0.39 is 0 Å². The van der Waals surface area contributed by atoms with Gasteiger partial charge in [0.2, 0.25) is 0 Å². The zero-order valence-electron chi connectivity index (χ0n) is 11.3. The number of nitrogens with one attached hydrogen (secondary N) is 1. The van der Waals surface area contributed by atoms with E-state index in [1.807, 2.05) is 24.5 Å². The van der Waals surface area contributed by atoms with E-state index in [0.717, 1.165) is 6.54 Å². The first-order valence-corrected chi connectivity index (χ1v) is 6.36. The van der Waals surface area contributed by atoms with Crippen molar-refractivity contribution in [2.24, 2.45) is 0 Å². The Bertz CT molecular complexity index is 506. The first-order chi connectivity index (χ1) is 8.66. The van der Waals surface area contributed by atoms with Gasteiger partial charge in [0, 0.05) is 25.0 Å². The molecule has 1 atom stereocenters. The van der Waals surface area contributed by atoms with Gasteiger partial charge in [0.25, 0.3) is 0 Å². The number of benzene rings is 1. The van der Waals surface area contributed by atoms with E-state index in [1.54, 1.807) is 0 Å². The summed E-state index contributed by atoms with van der Waals surface area (Å²) in [6.07, 6.45) is 3.66. The molecule has 0 saturated heterocycles. The highest BCUT2D eigenvalue weighted by molar-refractivity contribution is 5.32.